The Morgan fingerprint density at radius 2 is 1.69 bits per heavy atom. The van der Waals surface area contributed by atoms with Gasteiger partial charge in [-0.15, -0.1) is 0 Å². The van der Waals surface area contributed by atoms with Gasteiger partial charge in [0.15, 0.2) is 0 Å². The van der Waals surface area contributed by atoms with E-state index >= 15 is 0 Å². The number of carbonyl (C=O) groups is 1. The zero-order valence-electron chi connectivity index (χ0n) is 16.1. The van der Waals surface area contributed by atoms with E-state index in [1.165, 1.54) is 0 Å². The number of nitrogens with zero attached hydrogens (tertiary/aromatic N) is 5. The van der Waals surface area contributed by atoms with E-state index in [-0.39, 0.29) is 6.03 Å². The molecule has 0 bridgehead atoms. The van der Waals surface area contributed by atoms with Crippen molar-refractivity contribution >= 4 is 17.5 Å². The summed E-state index contributed by atoms with van der Waals surface area (Å²) in [7, 11) is 0. The Balaban J connectivity index is 1.72. The Morgan fingerprint density at radius 1 is 1.08 bits per heavy atom. The molecule has 0 saturated carbocycles. The van der Waals surface area contributed by atoms with Crippen LogP contribution in [0.25, 0.3) is 5.65 Å². The van der Waals surface area contributed by atoms with Crippen molar-refractivity contribution in [1.29, 1.82) is 0 Å². The molecule has 2 aromatic rings. The van der Waals surface area contributed by atoms with Gasteiger partial charge < -0.3 is 14.7 Å². The van der Waals surface area contributed by atoms with Crippen molar-refractivity contribution in [1.82, 2.24) is 24.1 Å². The van der Waals surface area contributed by atoms with Crippen LogP contribution in [0.5, 0.6) is 0 Å². The van der Waals surface area contributed by atoms with Crippen molar-refractivity contribution in [2.75, 3.05) is 57.7 Å². The number of nitrogens with one attached hydrogen (secondary N) is 1. The van der Waals surface area contributed by atoms with E-state index in [0.29, 0.717) is 5.82 Å². The van der Waals surface area contributed by atoms with Gasteiger partial charge in [-0.1, -0.05) is 19.9 Å². The van der Waals surface area contributed by atoms with Crippen LogP contribution in [0.2, 0.25) is 0 Å². The van der Waals surface area contributed by atoms with Gasteiger partial charge >= 0.3 is 6.03 Å². The molecule has 0 unspecified atom stereocenters. The van der Waals surface area contributed by atoms with Crippen LogP contribution in [-0.2, 0) is 0 Å². The minimum Gasteiger partial charge on any atom is -0.322 e. The predicted octanol–water partition coefficient (Wildman–Crippen LogP) is 2.13. The number of rotatable bonds is 3. The van der Waals surface area contributed by atoms with Gasteiger partial charge in [0, 0.05) is 45.5 Å². The molecule has 0 spiro atoms. The number of carbonyl (C=O) groups excluding carboxylic acids is 1. The zero-order chi connectivity index (χ0) is 18.5. The first-order chi connectivity index (χ1) is 12.6. The molecule has 142 valence electrons. The number of aryl methyl sites for hydroxylation is 1. The molecule has 7 nitrogen and oxygen atoms in total. The monoisotopic (exact) mass is 358 g/mol. The molecule has 1 fully saturated rings. The molecule has 26 heavy (non-hydrogen) atoms. The van der Waals surface area contributed by atoms with Crippen LogP contribution < -0.4 is 5.32 Å². The summed E-state index contributed by atoms with van der Waals surface area (Å²) in [5.74, 6) is 0.716. The van der Waals surface area contributed by atoms with Crippen LogP contribution >= 0.6 is 0 Å². The van der Waals surface area contributed by atoms with Gasteiger partial charge in [0.1, 0.15) is 11.5 Å². The first-order valence-corrected chi connectivity index (χ1v) is 9.55. The van der Waals surface area contributed by atoms with Gasteiger partial charge in [-0.25, -0.2) is 9.78 Å². The van der Waals surface area contributed by atoms with Crippen molar-refractivity contribution in [3.05, 3.63) is 30.1 Å². The topological polar surface area (TPSA) is 56.1 Å². The van der Waals surface area contributed by atoms with Gasteiger partial charge in [-0.3, -0.25) is 9.72 Å². The third-order valence-electron chi connectivity index (χ3n) is 5.25. The molecule has 1 aliphatic heterocycles. The second-order valence-electron chi connectivity index (χ2n) is 6.81. The van der Waals surface area contributed by atoms with Gasteiger partial charge in [0.05, 0.1) is 6.20 Å². The quantitative estimate of drug-likeness (QED) is 0.913. The number of fused-ring (bicyclic) bond motifs is 1. The standard InChI is InChI=1S/C19H30N6O/c1-4-22-9-10-23(5-2)12-14-24(13-11-22)19(26)21-17-15-20-18-16(3)7-6-8-25(17)18/h6-8,15H,4-5,9-14H2,1-3H3,(H,21,26). The Morgan fingerprint density at radius 3 is 2.31 bits per heavy atom. The molecule has 0 atom stereocenters. The van der Waals surface area contributed by atoms with Gasteiger partial charge in [0.25, 0.3) is 0 Å². The average Bonchev–Trinajstić information content (AvgIpc) is 3.09. The van der Waals surface area contributed by atoms with Crippen molar-refractivity contribution in [3.8, 4) is 0 Å². The number of anilines is 1. The Bertz CT molecular complexity index is 727. The maximum atomic E-state index is 12.9. The third-order valence-corrected chi connectivity index (χ3v) is 5.25. The summed E-state index contributed by atoms with van der Waals surface area (Å²) in [4.78, 5) is 24.1. The van der Waals surface area contributed by atoms with Crippen LogP contribution in [-0.4, -0.2) is 82.5 Å². The lowest BCUT2D eigenvalue weighted by atomic mass is 10.3. The summed E-state index contributed by atoms with van der Waals surface area (Å²) in [5.41, 5.74) is 1.97. The molecule has 0 aromatic carbocycles. The number of imidazole rings is 1. The smallest absolute Gasteiger partial charge is 0.322 e. The largest absolute Gasteiger partial charge is 0.323 e. The number of likely N-dealkylation sites (N-methyl/N-ethyl adjacent to an activating group) is 2. The van der Waals surface area contributed by atoms with E-state index in [9.17, 15) is 4.79 Å². The Kier molecular flexibility index (Phi) is 6.11. The van der Waals surface area contributed by atoms with E-state index < -0.39 is 0 Å². The maximum absolute atomic E-state index is 12.9. The molecule has 2 amide bonds. The van der Waals surface area contributed by atoms with Crippen molar-refractivity contribution in [2.24, 2.45) is 0 Å². The number of pyridine rings is 1. The molecule has 0 radical (unpaired) electrons. The second-order valence-corrected chi connectivity index (χ2v) is 6.81. The number of hydrogen-bond donors (Lipinski definition) is 1. The molecule has 2 aromatic heterocycles. The minimum atomic E-state index is -0.0534. The fraction of sp³-hybridized carbons (Fsp3) is 0.579. The summed E-state index contributed by atoms with van der Waals surface area (Å²) in [6.45, 7) is 13.8. The first kappa shape index (κ1) is 18.7. The summed E-state index contributed by atoms with van der Waals surface area (Å²) in [6, 6.07) is 3.94. The zero-order valence-corrected chi connectivity index (χ0v) is 16.1. The van der Waals surface area contributed by atoms with Gasteiger partial charge in [-0.2, -0.15) is 0 Å². The molecule has 7 heteroatoms. The predicted molar refractivity (Wildman–Crippen MR) is 105 cm³/mol. The molecule has 1 aliphatic rings. The summed E-state index contributed by atoms with van der Waals surface area (Å²) in [6.07, 6.45) is 3.66. The van der Waals surface area contributed by atoms with Crippen molar-refractivity contribution in [2.45, 2.75) is 20.8 Å². The van der Waals surface area contributed by atoms with E-state index in [4.69, 9.17) is 0 Å². The molecule has 3 rings (SSSR count). The van der Waals surface area contributed by atoms with Gasteiger partial charge in [0.2, 0.25) is 0 Å². The van der Waals surface area contributed by atoms with Crippen molar-refractivity contribution in [3.63, 3.8) is 0 Å². The highest BCUT2D eigenvalue weighted by molar-refractivity contribution is 5.89. The highest BCUT2D eigenvalue weighted by Gasteiger charge is 2.19. The lowest BCUT2D eigenvalue weighted by Crippen LogP contribution is -2.42. The lowest BCUT2D eigenvalue weighted by Gasteiger charge is -2.25. The van der Waals surface area contributed by atoms with Crippen LogP contribution in [0.15, 0.2) is 24.5 Å². The summed E-state index contributed by atoms with van der Waals surface area (Å²) >= 11 is 0. The molecule has 1 N–H and O–H groups in total. The number of amides is 2. The maximum Gasteiger partial charge on any atom is 0.323 e. The normalized spacial score (nSPS) is 17.7. The Labute approximate surface area is 155 Å². The van der Waals surface area contributed by atoms with Gasteiger partial charge in [-0.05, 0) is 31.6 Å². The molecule has 3 heterocycles. The minimum absolute atomic E-state index is 0.0534. The summed E-state index contributed by atoms with van der Waals surface area (Å²) in [5, 5.41) is 3.05. The number of hydrogen-bond acceptors (Lipinski definition) is 4. The first-order valence-electron chi connectivity index (χ1n) is 9.55. The van der Waals surface area contributed by atoms with E-state index in [2.05, 4.69) is 33.9 Å². The van der Waals surface area contributed by atoms with E-state index in [1.54, 1.807) is 6.20 Å². The van der Waals surface area contributed by atoms with Crippen LogP contribution in [0, 0.1) is 6.92 Å². The number of urea groups is 1. The molecular weight excluding hydrogens is 328 g/mol. The van der Waals surface area contributed by atoms with E-state index in [0.717, 1.165) is 63.6 Å². The van der Waals surface area contributed by atoms with Crippen LogP contribution in [0.1, 0.15) is 19.4 Å². The van der Waals surface area contributed by atoms with Crippen LogP contribution in [0.3, 0.4) is 0 Å². The van der Waals surface area contributed by atoms with E-state index in [1.807, 2.05) is 34.6 Å². The SMILES string of the molecule is CCN1CCN(CC)CCN(C(=O)Nc2cnc3c(C)cccn23)CC1. The lowest BCUT2D eigenvalue weighted by molar-refractivity contribution is 0.199. The molecular formula is C19H30N6O. The highest BCUT2D eigenvalue weighted by Crippen LogP contribution is 2.15. The third kappa shape index (κ3) is 4.16. The van der Waals surface area contributed by atoms with Crippen LogP contribution in [0.4, 0.5) is 10.6 Å². The molecule has 1 saturated heterocycles. The fourth-order valence-corrected chi connectivity index (χ4v) is 3.41. The average molecular weight is 358 g/mol. The summed E-state index contributed by atoms with van der Waals surface area (Å²) < 4.78 is 1.93. The highest BCUT2D eigenvalue weighted by atomic mass is 16.2. The number of aromatic nitrogens is 2. The van der Waals surface area contributed by atoms with Crippen molar-refractivity contribution < 1.29 is 4.79 Å². The Hall–Kier alpha value is -2.12. The molecule has 0 aliphatic carbocycles. The fourth-order valence-electron chi connectivity index (χ4n) is 3.41. The second kappa shape index (κ2) is 8.51.